The number of carbonyl (C=O) groups is 1. The van der Waals surface area contributed by atoms with Crippen LogP contribution < -0.4 is 10.6 Å². The predicted molar refractivity (Wildman–Crippen MR) is 119 cm³/mol. The van der Waals surface area contributed by atoms with Crippen LogP contribution in [-0.2, 0) is 6.54 Å². The van der Waals surface area contributed by atoms with Gasteiger partial charge in [-0.15, -0.1) is 12.4 Å². The molecule has 1 unspecified atom stereocenters. The highest BCUT2D eigenvalue weighted by Gasteiger charge is 2.17. The third-order valence-electron chi connectivity index (χ3n) is 5.10. The van der Waals surface area contributed by atoms with Gasteiger partial charge in [-0.25, -0.2) is 0 Å². The number of amides is 1. The van der Waals surface area contributed by atoms with Crippen LogP contribution in [0.5, 0.6) is 0 Å². The number of aromatic nitrogens is 2. The molecule has 3 aromatic rings. The Morgan fingerprint density at radius 1 is 1.17 bits per heavy atom. The Kier molecular flexibility index (Phi) is 7.31. The number of halogens is 2. The van der Waals surface area contributed by atoms with Crippen molar-refractivity contribution in [1.29, 1.82) is 0 Å². The highest BCUT2D eigenvalue weighted by Crippen LogP contribution is 2.25. The van der Waals surface area contributed by atoms with Gasteiger partial charge in [-0.2, -0.15) is 5.10 Å². The number of nitrogens with one attached hydrogen (secondary N) is 2. The monoisotopic (exact) mass is 430 g/mol. The number of nitrogens with zero attached hydrogens (tertiary/aromatic N) is 2. The van der Waals surface area contributed by atoms with Crippen molar-refractivity contribution in [2.75, 3.05) is 13.1 Å². The van der Waals surface area contributed by atoms with Gasteiger partial charge >= 0.3 is 0 Å². The minimum absolute atomic E-state index is 0. The largest absolute Gasteiger partial charge is 0.347 e. The Balaban J connectivity index is 0.00000240. The first-order chi connectivity index (χ1) is 13.7. The van der Waals surface area contributed by atoms with E-state index in [1.165, 1.54) is 0 Å². The average Bonchev–Trinajstić information content (AvgIpc) is 3.24. The van der Waals surface area contributed by atoms with Crippen LogP contribution in [0.3, 0.4) is 0 Å². The summed E-state index contributed by atoms with van der Waals surface area (Å²) in [6, 6.07) is 17.9. The van der Waals surface area contributed by atoms with E-state index in [2.05, 4.69) is 21.8 Å². The molecule has 0 spiro atoms. The van der Waals surface area contributed by atoms with Crippen molar-refractivity contribution in [3.8, 4) is 11.1 Å². The van der Waals surface area contributed by atoms with Crippen molar-refractivity contribution in [2.24, 2.45) is 0 Å². The van der Waals surface area contributed by atoms with Crippen LogP contribution in [0.25, 0.3) is 11.1 Å². The van der Waals surface area contributed by atoms with E-state index in [4.69, 9.17) is 11.6 Å². The molecule has 1 aliphatic heterocycles. The van der Waals surface area contributed by atoms with Gasteiger partial charge in [0, 0.05) is 24.3 Å². The van der Waals surface area contributed by atoms with Crippen molar-refractivity contribution < 1.29 is 4.79 Å². The Morgan fingerprint density at radius 3 is 2.72 bits per heavy atom. The number of carbonyl (C=O) groups excluding carboxylic acids is 1. The molecule has 0 bridgehead atoms. The van der Waals surface area contributed by atoms with E-state index in [-0.39, 0.29) is 18.3 Å². The Bertz CT molecular complexity index is 949. The molecule has 1 aromatic heterocycles. The molecule has 2 heterocycles. The maximum Gasteiger partial charge on any atom is 0.272 e. The van der Waals surface area contributed by atoms with Crippen LogP contribution >= 0.6 is 24.0 Å². The average molecular weight is 431 g/mol. The van der Waals surface area contributed by atoms with Crippen molar-refractivity contribution in [1.82, 2.24) is 20.4 Å². The summed E-state index contributed by atoms with van der Waals surface area (Å²) in [6.45, 7) is 2.39. The van der Waals surface area contributed by atoms with Crippen LogP contribution in [0.2, 0.25) is 5.02 Å². The zero-order chi connectivity index (χ0) is 19.3. The Hall–Kier alpha value is -2.34. The Labute approximate surface area is 181 Å². The van der Waals surface area contributed by atoms with Gasteiger partial charge in [-0.1, -0.05) is 48.0 Å². The molecule has 0 aliphatic carbocycles. The van der Waals surface area contributed by atoms with E-state index < -0.39 is 0 Å². The van der Waals surface area contributed by atoms with Gasteiger partial charge in [0.2, 0.25) is 0 Å². The molecule has 1 amide bonds. The minimum Gasteiger partial charge on any atom is -0.347 e. The van der Waals surface area contributed by atoms with E-state index in [1.54, 1.807) is 6.07 Å². The first kappa shape index (κ1) is 21.4. The first-order valence-corrected chi connectivity index (χ1v) is 9.96. The summed E-state index contributed by atoms with van der Waals surface area (Å²) in [7, 11) is 0. The SMILES string of the molecule is Cl.O=C(NCc1ccccc1-c1ccc(Cl)cc1)c1ccn(C2CCCNC2)n1. The van der Waals surface area contributed by atoms with Crippen LogP contribution in [0.4, 0.5) is 0 Å². The van der Waals surface area contributed by atoms with Gasteiger partial charge in [0.15, 0.2) is 0 Å². The third kappa shape index (κ3) is 5.18. The van der Waals surface area contributed by atoms with E-state index in [1.807, 2.05) is 53.3 Å². The standard InChI is InChI=1S/C22H23ClN4O.ClH/c23-18-9-7-16(8-10-18)20-6-2-1-4-17(20)14-25-22(28)21-11-13-27(26-21)19-5-3-12-24-15-19;/h1-2,4,6-11,13,19,24H,3,5,12,14-15H2,(H,25,28);1H. The van der Waals surface area contributed by atoms with Crippen molar-refractivity contribution in [3.05, 3.63) is 77.1 Å². The first-order valence-electron chi connectivity index (χ1n) is 9.58. The molecule has 0 radical (unpaired) electrons. The summed E-state index contributed by atoms with van der Waals surface area (Å²) >= 11 is 6.00. The normalized spacial score (nSPS) is 16.1. The van der Waals surface area contributed by atoms with Crippen LogP contribution in [-0.4, -0.2) is 28.8 Å². The number of benzene rings is 2. The highest BCUT2D eigenvalue weighted by molar-refractivity contribution is 6.30. The van der Waals surface area contributed by atoms with Gasteiger partial charge in [0.05, 0.1) is 6.04 Å². The quantitative estimate of drug-likeness (QED) is 0.627. The summed E-state index contributed by atoms with van der Waals surface area (Å²) in [5, 5.41) is 11.6. The number of piperidine rings is 1. The third-order valence-corrected chi connectivity index (χ3v) is 5.35. The summed E-state index contributed by atoms with van der Waals surface area (Å²) in [4.78, 5) is 12.6. The van der Waals surface area contributed by atoms with E-state index in [9.17, 15) is 4.79 Å². The van der Waals surface area contributed by atoms with Gasteiger partial charge < -0.3 is 10.6 Å². The second-order valence-corrected chi connectivity index (χ2v) is 7.46. The number of hydrogen-bond donors (Lipinski definition) is 2. The lowest BCUT2D eigenvalue weighted by Crippen LogP contribution is -2.32. The molecule has 4 rings (SSSR count). The fourth-order valence-corrected chi connectivity index (χ4v) is 3.70. The zero-order valence-electron chi connectivity index (χ0n) is 16.0. The topological polar surface area (TPSA) is 59.0 Å². The molecule has 0 saturated carbocycles. The van der Waals surface area contributed by atoms with Crippen molar-refractivity contribution in [3.63, 3.8) is 0 Å². The molecule has 5 nitrogen and oxygen atoms in total. The smallest absolute Gasteiger partial charge is 0.272 e. The zero-order valence-corrected chi connectivity index (χ0v) is 17.5. The summed E-state index contributed by atoms with van der Waals surface area (Å²) in [5.74, 6) is -0.159. The van der Waals surface area contributed by atoms with Crippen LogP contribution in [0.1, 0.15) is 34.9 Å². The van der Waals surface area contributed by atoms with Crippen LogP contribution in [0.15, 0.2) is 60.8 Å². The number of hydrogen-bond acceptors (Lipinski definition) is 3. The maximum absolute atomic E-state index is 12.6. The van der Waals surface area contributed by atoms with Crippen LogP contribution in [0, 0.1) is 0 Å². The fraction of sp³-hybridized carbons (Fsp3) is 0.273. The molecule has 29 heavy (non-hydrogen) atoms. The molecule has 1 aliphatic rings. The van der Waals surface area contributed by atoms with Crippen molar-refractivity contribution in [2.45, 2.75) is 25.4 Å². The molecule has 1 saturated heterocycles. The lowest BCUT2D eigenvalue weighted by molar-refractivity contribution is 0.0944. The van der Waals surface area contributed by atoms with E-state index >= 15 is 0 Å². The van der Waals surface area contributed by atoms with Gasteiger partial charge in [0.25, 0.3) is 5.91 Å². The summed E-state index contributed by atoms with van der Waals surface area (Å²) in [6.07, 6.45) is 4.12. The van der Waals surface area contributed by atoms with E-state index in [0.717, 1.165) is 42.6 Å². The van der Waals surface area contributed by atoms with Crippen molar-refractivity contribution >= 4 is 29.9 Å². The van der Waals surface area contributed by atoms with Gasteiger partial charge in [0.1, 0.15) is 5.69 Å². The highest BCUT2D eigenvalue weighted by atomic mass is 35.5. The lowest BCUT2D eigenvalue weighted by Gasteiger charge is -2.22. The fourth-order valence-electron chi connectivity index (χ4n) is 3.57. The molecule has 2 N–H and O–H groups in total. The van der Waals surface area contributed by atoms with Gasteiger partial charge in [-0.3, -0.25) is 9.48 Å². The summed E-state index contributed by atoms with van der Waals surface area (Å²) < 4.78 is 1.91. The Morgan fingerprint density at radius 2 is 1.97 bits per heavy atom. The molecular weight excluding hydrogens is 407 g/mol. The number of rotatable bonds is 5. The second kappa shape index (κ2) is 9.92. The molecular formula is C22H24Cl2N4O. The molecule has 1 fully saturated rings. The minimum atomic E-state index is -0.159. The van der Waals surface area contributed by atoms with Gasteiger partial charge in [-0.05, 0) is 54.3 Å². The second-order valence-electron chi connectivity index (χ2n) is 7.03. The molecule has 2 aromatic carbocycles. The maximum atomic E-state index is 12.6. The summed E-state index contributed by atoms with van der Waals surface area (Å²) in [5.41, 5.74) is 3.66. The lowest BCUT2D eigenvalue weighted by atomic mass is 10.00. The van der Waals surface area contributed by atoms with E-state index in [0.29, 0.717) is 23.3 Å². The molecule has 152 valence electrons. The predicted octanol–water partition coefficient (Wildman–Crippen LogP) is 4.48. The molecule has 7 heteroatoms. The molecule has 1 atom stereocenters.